The Kier molecular flexibility index (Phi) is 7.19. The fourth-order valence-electron chi connectivity index (χ4n) is 1.61. The van der Waals surface area contributed by atoms with Gasteiger partial charge >= 0.3 is 0 Å². The van der Waals surface area contributed by atoms with Gasteiger partial charge in [0, 0.05) is 28.3 Å². The molecule has 1 atom stereocenters. The fourth-order valence-corrected chi connectivity index (χ4v) is 3.33. The van der Waals surface area contributed by atoms with Gasteiger partial charge < -0.3 is 10.1 Å². The normalized spacial score (nSPS) is 12.7. The maximum atomic E-state index is 5.05. The highest BCUT2D eigenvalue weighted by molar-refractivity contribution is 9.10. The third-order valence-corrected chi connectivity index (χ3v) is 4.15. The van der Waals surface area contributed by atoms with Gasteiger partial charge in [0.25, 0.3) is 0 Å². The third-order valence-electron chi connectivity index (χ3n) is 2.50. The lowest BCUT2D eigenvalue weighted by Crippen LogP contribution is -2.18. The molecule has 96 valence electrons. The van der Waals surface area contributed by atoms with Crippen LogP contribution in [0, 0.1) is 0 Å². The molecule has 1 unspecified atom stereocenters. The Morgan fingerprint density at radius 1 is 1.47 bits per heavy atom. The van der Waals surface area contributed by atoms with Crippen LogP contribution in [-0.4, -0.2) is 26.0 Å². The van der Waals surface area contributed by atoms with Crippen LogP contribution in [0.5, 0.6) is 0 Å². The van der Waals surface area contributed by atoms with Crippen molar-refractivity contribution < 1.29 is 4.74 Å². The summed E-state index contributed by atoms with van der Waals surface area (Å²) in [6.07, 6.45) is 0. The standard InChI is InChI=1S/C13H20BrNOS/c1-4-15-10(2)12-6-5-11(9-13(12)14)17-8-7-16-3/h5-6,9-10,15H,4,7-8H2,1-3H3. The van der Waals surface area contributed by atoms with Gasteiger partial charge in [0.05, 0.1) is 6.61 Å². The van der Waals surface area contributed by atoms with Crippen LogP contribution in [0.2, 0.25) is 0 Å². The highest BCUT2D eigenvalue weighted by atomic mass is 79.9. The lowest BCUT2D eigenvalue weighted by atomic mass is 10.1. The van der Waals surface area contributed by atoms with E-state index in [9.17, 15) is 0 Å². The fraction of sp³-hybridized carbons (Fsp3) is 0.538. The molecule has 0 amide bonds. The highest BCUT2D eigenvalue weighted by Crippen LogP contribution is 2.28. The van der Waals surface area contributed by atoms with Crippen molar-refractivity contribution in [2.45, 2.75) is 24.8 Å². The van der Waals surface area contributed by atoms with E-state index < -0.39 is 0 Å². The van der Waals surface area contributed by atoms with Crippen molar-refractivity contribution in [3.63, 3.8) is 0 Å². The van der Waals surface area contributed by atoms with Crippen molar-refractivity contribution >= 4 is 27.7 Å². The summed E-state index contributed by atoms with van der Waals surface area (Å²) >= 11 is 5.46. The average molecular weight is 318 g/mol. The van der Waals surface area contributed by atoms with Crippen molar-refractivity contribution in [2.75, 3.05) is 26.0 Å². The summed E-state index contributed by atoms with van der Waals surface area (Å²) < 4.78 is 6.22. The van der Waals surface area contributed by atoms with Crippen LogP contribution >= 0.6 is 27.7 Å². The number of rotatable bonds is 7. The van der Waals surface area contributed by atoms with Gasteiger partial charge in [-0.3, -0.25) is 0 Å². The molecule has 0 fully saturated rings. The summed E-state index contributed by atoms with van der Waals surface area (Å²) in [5, 5.41) is 3.42. The minimum atomic E-state index is 0.382. The Bertz CT molecular complexity index is 346. The molecule has 1 rings (SSSR count). The molecule has 0 saturated heterocycles. The van der Waals surface area contributed by atoms with Gasteiger partial charge in [-0.25, -0.2) is 0 Å². The smallest absolute Gasteiger partial charge is 0.0556 e. The first-order valence-electron chi connectivity index (χ1n) is 5.83. The van der Waals surface area contributed by atoms with Crippen LogP contribution in [0.1, 0.15) is 25.5 Å². The number of hydrogen-bond acceptors (Lipinski definition) is 3. The quantitative estimate of drug-likeness (QED) is 0.609. The lowest BCUT2D eigenvalue weighted by molar-refractivity contribution is 0.218. The second kappa shape index (κ2) is 8.14. The van der Waals surface area contributed by atoms with E-state index in [0.717, 1.165) is 18.9 Å². The van der Waals surface area contributed by atoms with Gasteiger partial charge in [0.2, 0.25) is 0 Å². The van der Waals surface area contributed by atoms with Crippen molar-refractivity contribution in [3.8, 4) is 0 Å². The van der Waals surface area contributed by atoms with Crippen molar-refractivity contribution in [1.82, 2.24) is 5.32 Å². The highest BCUT2D eigenvalue weighted by Gasteiger charge is 2.08. The second-order valence-electron chi connectivity index (χ2n) is 3.80. The Balaban J connectivity index is 2.65. The molecule has 0 aliphatic carbocycles. The van der Waals surface area contributed by atoms with Gasteiger partial charge in [-0.15, -0.1) is 11.8 Å². The summed E-state index contributed by atoms with van der Waals surface area (Å²) in [7, 11) is 1.73. The van der Waals surface area contributed by atoms with E-state index in [-0.39, 0.29) is 0 Å². The summed E-state index contributed by atoms with van der Waals surface area (Å²) in [5.41, 5.74) is 1.31. The van der Waals surface area contributed by atoms with Crippen LogP contribution in [0.25, 0.3) is 0 Å². The first-order chi connectivity index (χ1) is 8.19. The number of benzene rings is 1. The summed E-state index contributed by atoms with van der Waals surface area (Å²) in [6, 6.07) is 6.93. The molecule has 0 aliphatic rings. The summed E-state index contributed by atoms with van der Waals surface area (Å²) in [4.78, 5) is 1.28. The molecule has 0 spiro atoms. The molecular weight excluding hydrogens is 298 g/mol. The SMILES string of the molecule is CCNC(C)c1ccc(SCCOC)cc1Br. The Hall–Kier alpha value is -0.0300. The van der Waals surface area contributed by atoms with Crippen LogP contribution in [0.15, 0.2) is 27.6 Å². The lowest BCUT2D eigenvalue weighted by Gasteiger charge is -2.15. The molecule has 4 heteroatoms. The zero-order valence-corrected chi connectivity index (χ0v) is 13.0. The molecule has 1 aromatic rings. The maximum Gasteiger partial charge on any atom is 0.0556 e. The summed E-state index contributed by atoms with van der Waals surface area (Å²) in [6.45, 7) is 6.08. The number of methoxy groups -OCH3 is 1. The maximum absolute atomic E-state index is 5.05. The number of thioether (sulfide) groups is 1. The van der Waals surface area contributed by atoms with Crippen molar-refractivity contribution in [3.05, 3.63) is 28.2 Å². The van der Waals surface area contributed by atoms with Crippen LogP contribution in [-0.2, 0) is 4.74 Å². The second-order valence-corrected chi connectivity index (χ2v) is 5.83. The molecule has 0 heterocycles. The first-order valence-corrected chi connectivity index (χ1v) is 7.61. The molecule has 0 radical (unpaired) electrons. The van der Waals surface area contributed by atoms with Gasteiger partial charge in [-0.05, 0) is 31.2 Å². The van der Waals surface area contributed by atoms with E-state index in [1.807, 2.05) is 11.8 Å². The minimum absolute atomic E-state index is 0.382. The van der Waals surface area contributed by atoms with Crippen molar-refractivity contribution in [1.29, 1.82) is 0 Å². The molecule has 2 nitrogen and oxygen atoms in total. The summed E-state index contributed by atoms with van der Waals surface area (Å²) in [5.74, 6) is 0.991. The van der Waals surface area contributed by atoms with E-state index in [2.05, 4.69) is 53.3 Å². The van der Waals surface area contributed by atoms with Gasteiger partial charge in [0.1, 0.15) is 0 Å². The Labute approximate surface area is 117 Å². The van der Waals surface area contributed by atoms with E-state index in [4.69, 9.17) is 4.74 Å². The van der Waals surface area contributed by atoms with Gasteiger partial charge in [-0.2, -0.15) is 0 Å². The van der Waals surface area contributed by atoms with Crippen LogP contribution < -0.4 is 5.32 Å². The van der Waals surface area contributed by atoms with Gasteiger partial charge in [-0.1, -0.05) is 28.9 Å². The molecule has 0 saturated carbocycles. The van der Waals surface area contributed by atoms with Crippen LogP contribution in [0.3, 0.4) is 0 Å². The van der Waals surface area contributed by atoms with Gasteiger partial charge in [0.15, 0.2) is 0 Å². The molecule has 0 aromatic heterocycles. The predicted molar refractivity (Wildman–Crippen MR) is 78.8 cm³/mol. The molecule has 1 aromatic carbocycles. The zero-order chi connectivity index (χ0) is 12.7. The molecule has 0 aliphatic heterocycles. The average Bonchev–Trinajstić information content (AvgIpc) is 2.29. The molecular formula is C13H20BrNOS. The third kappa shape index (κ3) is 5.00. The first kappa shape index (κ1) is 15.0. The number of halogens is 1. The molecule has 17 heavy (non-hydrogen) atoms. The van der Waals surface area contributed by atoms with E-state index in [0.29, 0.717) is 6.04 Å². The Morgan fingerprint density at radius 3 is 2.82 bits per heavy atom. The zero-order valence-electron chi connectivity index (χ0n) is 10.6. The van der Waals surface area contributed by atoms with E-state index in [1.54, 1.807) is 7.11 Å². The van der Waals surface area contributed by atoms with E-state index in [1.165, 1.54) is 14.9 Å². The molecule has 1 N–H and O–H groups in total. The van der Waals surface area contributed by atoms with Crippen molar-refractivity contribution in [2.24, 2.45) is 0 Å². The molecule has 0 bridgehead atoms. The largest absolute Gasteiger partial charge is 0.384 e. The number of nitrogens with one attached hydrogen (secondary N) is 1. The predicted octanol–water partition coefficient (Wildman–Crippen LogP) is 3.86. The number of ether oxygens (including phenoxy) is 1. The monoisotopic (exact) mass is 317 g/mol. The number of hydrogen-bond donors (Lipinski definition) is 1. The van der Waals surface area contributed by atoms with Crippen LogP contribution in [0.4, 0.5) is 0 Å². The minimum Gasteiger partial charge on any atom is -0.384 e. The topological polar surface area (TPSA) is 21.3 Å². The van der Waals surface area contributed by atoms with E-state index >= 15 is 0 Å². The Morgan fingerprint density at radius 2 is 2.24 bits per heavy atom.